The predicted octanol–water partition coefficient (Wildman–Crippen LogP) is 2.69. The maximum absolute atomic E-state index is 12.2. The second-order valence-corrected chi connectivity index (χ2v) is 5.36. The lowest BCUT2D eigenvalue weighted by molar-refractivity contribution is 0.0931. The molecule has 1 fully saturated rings. The van der Waals surface area contributed by atoms with Crippen LogP contribution in [0.15, 0.2) is 18.2 Å². The third-order valence-corrected chi connectivity index (χ3v) is 3.76. The van der Waals surface area contributed by atoms with E-state index in [1.807, 2.05) is 0 Å². The van der Waals surface area contributed by atoms with E-state index in [0.717, 1.165) is 12.8 Å². The van der Waals surface area contributed by atoms with Gasteiger partial charge in [-0.1, -0.05) is 32.1 Å². The van der Waals surface area contributed by atoms with Crippen LogP contribution in [0.25, 0.3) is 0 Å². The molecule has 0 unspecified atom stereocenters. The van der Waals surface area contributed by atoms with Crippen LogP contribution in [0.1, 0.15) is 55.3 Å². The highest BCUT2D eigenvalue weighted by molar-refractivity contribution is 5.99. The summed E-state index contributed by atoms with van der Waals surface area (Å²) in [5.74, 6) is -0.0805. The Morgan fingerprint density at radius 2 is 1.68 bits per heavy atom. The minimum absolute atomic E-state index is 0.0805. The topological polar surface area (TPSA) is 81.1 Å². The fraction of sp³-hybridized carbons (Fsp3) is 0.533. The van der Waals surface area contributed by atoms with Gasteiger partial charge in [0.2, 0.25) is 0 Å². The Morgan fingerprint density at radius 1 is 1.05 bits per heavy atom. The molecular formula is C15H23N3O. The second kappa shape index (κ2) is 6.45. The summed E-state index contributed by atoms with van der Waals surface area (Å²) in [6, 6.07) is 5.32. The van der Waals surface area contributed by atoms with Gasteiger partial charge in [0, 0.05) is 17.4 Å². The highest BCUT2D eigenvalue weighted by Crippen LogP contribution is 2.19. The summed E-state index contributed by atoms with van der Waals surface area (Å²) in [5, 5.41) is 3.10. The van der Waals surface area contributed by atoms with Gasteiger partial charge in [0.25, 0.3) is 5.91 Å². The Hall–Kier alpha value is -1.71. The van der Waals surface area contributed by atoms with Crippen molar-refractivity contribution in [2.75, 3.05) is 11.5 Å². The summed E-state index contributed by atoms with van der Waals surface area (Å²) in [6.07, 6.45) is 8.41. The fourth-order valence-electron chi connectivity index (χ4n) is 2.65. The molecule has 104 valence electrons. The molecule has 2 rings (SSSR count). The van der Waals surface area contributed by atoms with Gasteiger partial charge < -0.3 is 16.8 Å². The first-order chi connectivity index (χ1) is 9.16. The average Bonchev–Trinajstić information content (AvgIpc) is 2.32. The standard InChI is InChI=1S/C15H23N3O/c16-11-8-9-13(14(17)10-11)15(19)18-12-6-4-2-1-3-5-7-12/h8-10,12H,1-7,16-17H2,(H,18,19). The van der Waals surface area contributed by atoms with E-state index >= 15 is 0 Å². The van der Waals surface area contributed by atoms with E-state index in [1.165, 1.54) is 32.1 Å². The van der Waals surface area contributed by atoms with Crippen molar-refractivity contribution >= 4 is 17.3 Å². The molecule has 0 atom stereocenters. The van der Waals surface area contributed by atoms with E-state index in [-0.39, 0.29) is 11.9 Å². The van der Waals surface area contributed by atoms with Gasteiger partial charge in [-0.25, -0.2) is 0 Å². The van der Waals surface area contributed by atoms with E-state index in [1.54, 1.807) is 18.2 Å². The lowest BCUT2D eigenvalue weighted by atomic mass is 9.96. The molecule has 1 amide bonds. The quantitative estimate of drug-likeness (QED) is 0.716. The molecule has 0 aliphatic heterocycles. The third kappa shape index (κ3) is 3.88. The molecular weight excluding hydrogens is 238 g/mol. The number of benzene rings is 1. The van der Waals surface area contributed by atoms with Crippen molar-refractivity contribution in [1.29, 1.82) is 0 Å². The van der Waals surface area contributed by atoms with Crippen molar-refractivity contribution in [3.8, 4) is 0 Å². The smallest absolute Gasteiger partial charge is 0.253 e. The molecule has 1 aromatic rings. The van der Waals surface area contributed by atoms with E-state index in [0.29, 0.717) is 16.9 Å². The van der Waals surface area contributed by atoms with Crippen LogP contribution >= 0.6 is 0 Å². The zero-order valence-electron chi connectivity index (χ0n) is 11.3. The zero-order chi connectivity index (χ0) is 13.7. The lowest BCUT2D eigenvalue weighted by Gasteiger charge is -2.21. The number of carbonyl (C=O) groups excluding carboxylic acids is 1. The number of nitrogens with two attached hydrogens (primary N) is 2. The molecule has 0 aromatic heterocycles. The largest absolute Gasteiger partial charge is 0.399 e. The minimum Gasteiger partial charge on any atom is -0.399 e. The van der Waals surface area contributed by atoms with Crippen LogP contribution in [-0.4, -0.2) is 11.9 Å². The maximum Gasteiger partial charge on any atom is 0.253 e. The van der Waals surface area contributed by atoms with Gasteiger partial charge >= 0.3 is 0 Å². The van der Waals surface area contributed by atoms with Gasteiger partial charge in [-0.3, -0.25) is 4.79 Å². The first-order valence-corrected chi connectivity index (χ1v) is 7.12. The van der Waals surface area contributed by atoms with E-state index in [4.69, 9.17) is 11.5 Å². The van der Waals surface area contributed by atoms with Crippen LogP contribution < -0.4 is 16.8 Å². The van der Waals surface area contributed by atoms with Crippen LogP contribution in [0.4, 0.5) is 11.4 Å². The summed E-state index contributed by atoms with van der Waals surface area (Å²) in [5.41, 5.74) is 13.0. The van der Waals surface area contributed by atoms with Gasteiger partial charge in [-0.05, 0) is 31.0 Å². The molecule has 0 heterocycles. The SMILES string of the molecule is Nc1ccc(C(=O)NC2CCCCCCC2)c(N)c1. The van der Waals surface area contributed by atoms with Crippen LogP contribution in [0.3, 0.4) is 0 Å². The average molecular weight is 261 g/mol. The Labute approximate surface area is 114 Å². The van der Waals surface area contributed by atoms with E-state index in [9.17, 15) is 4.79 Å². The zero-order valence-corrected chi connectivity index (χ0v) is 11.3. The molecule has 1 aromatic carbocycles. The molecule has 4 heteroatoms. The summed E-state index contributed by atoms with van der Waals surface area (Å²) < 4.78 is 0. The van der Waals surface area contributed by atoms with Gasteiger partial charge in [0.15, 0.2) is 0 Å². The normalized spacial score (nSPS) is 17.5. The molecule has 5 N–H and O–H groups in total. The number of hydrogen-bond acceptors (Lipinski definition) is 3. The van der Waals surface area contributed by atoms with Gasteiger partial charge in [0.05, 0.1) is 5.56 Å². The van der Waals surface area contributed by atoms with Crippen LogP contribution in [-0.2, 0) is 0 Å². The summed E-state index contributed by atoms with van der Waals surface area (Å²) in [7, 11) is 0. The van der Waals surface area contributed by atoms with E-state index in [2.05, 4.69) is 5.32 Å². The van der Waals surface area contributed by atoms with E-state index < -0.39 is 0 Å². The number of amides is 1. The van der Waals surface area contributed by atoms with Crippen molar-refractivity contribution in [1.82, 2.24) is 5.32 Å². The monoisotopic (exact) mass is 261 g/mol. The molecule has 0 saturated heterocycles. The van der Waals surface area contributed by atoms with Gasteiger partial charge in [0.1, 0.15) is 0 Å². The molecule has 1 aliphatic carbocycles. The van der Waals surface area contributed by atoms with Crippen molar-refractivity contribution in [2.24, 2.45) is 0 Å². The number of nitrogen functional groups attached to an aromatic ring is 2. The Balaban J connectivity index is 1.99. The Bertz CT molecular complexity index is 437. The summed E-state index contributed by atoms with van der Waals surface area (Å²) >= 11 is 0. The molecule has 1 saturated carbocycles. The van der Waals surface area contributed by atoms with Crippen molar-refractivity contribution in [2.45, 2.75) is 51.0 Å². The molecule has 0 spiro atoms. The fourth-order valence-corrected chi connectivity index (χ4v) is 2.65. The number of nitrogens with one attached hydrogen (secondary N) is 1. The first-order valence-electron chi connectivity index (χ1n) is 7.12. The maximum atomic E-state index is 12.2. The predicted molar refractivity (Wildman–Crippen MR) is 78.8 cm³/mol. The highest BCUT2D eigenvalue weighted by atomic mass is 16.1. The molecule has 0 bridgehead atoms. The van der Waals surface area contributed by atoms with Crippen molar-refractivity contribution in [3.05, 3.63) is 23.8 Å². The van der Waals surface area contributed by atoms with Crippen LogP contribution in [0.5, 0.6) is 0 Å². The van der Waals surface area contributed by atoms with Crippen LogP contribution in [0.2, 0.25) is 0 Å². The molecule has 19 heavy (non-hydrogen) atoms. The van der Waals surface area contributed by atoms with Crippen molar-refractivity contribution in [3.63, 3.8) is 0 Å². The molecule has 0 radical (unpaired) electrons. The Kier molecular flexibility index (Phi) is 4.66. The third-order valence-electron chi connectivity index (χ3n) is 3.76. The van der Waals surface area contributed by atoms with Gasteiger partial charge in [-0.15, -0.1) is 0 Å². The van der Waals surface area contributed by atoms with Gasteiger partial charge in [-0.2, -0.15) is 0 Å². The highest BCUT2D eigenvalue weighted by Gasteiger charge is 2.16. The molecule has 1 aliphatic rings. The number of anilines is 2. The second-order valence-electron chi connectivity index (χ2n) is 5.36. The molecule has 4 nitrogen and oxygen atoms in total. The summed E-state index contributed by atoms with van der Waals surface area (Å²) in [6.45, 7) is 0. The number of hydrogen-bond donors (Lipinski definition) is 3. The van der Waals surface area contributed by atoms with Crippen molar-refractivity contribution < 1.29 is 4.79 Å². The lowest BCUT2D eigenvalue weighted by Crippen LogP contribution is -2.35. The van der Waals surface area contributed by atoms with Crippen LogP contribution in [0, 0.1) is 0 Å². The number of carbonyl (C=O) groups is 1. The minimum atomic E-state index is -0.0805. The summed E-state index contributed by atoms with van der Waals surface area (Å²) in [4.78, 5) is 12.2. The Morgan fingerprint density at radius 3 is 2.32 bits per heavy atom. The first kappa shape index (κ1) is 13.7. The number of rotatable bonds is 2.